The van der Waals surface area contributed by atoms with Crippen LogP contribution in [0.4, 0.5) is 24.5 Å². The molecule has 1 N–H and O–H groups in total. The minimum Gasteiger partial charge on any atom is -0.372 e. The molecule has 0 aliphatic heterocycles. The fraction of sp³-hybridized carbons (Fsp3) is 0.429. The molecule has 0 unspecified atom stereocenters. The summed E-state index contributed by atoms with van der Waals surface area (Å²) in [6.45, 7) is 3.90. The number of anilines is 1. The van der Waals surface area contributed by atoms with Crippen LogP contribution >= 0.6 is 11.6 Å². The molecule has 0 spiro atoms. The van der Waals surface area contributed by atoms with Crippen LogP contribution in [0.2, 0.25) is 5.02 Å². The molecule has 136 valence electrons. The van der Waals surface area contributed by atoms with Gasteiger partial charge in [0.2, 0.25) is 0 Å². The Hall–Kier alpha value is -2.36. The standard InChI is InChI=1S/C14H15ClF3N5O2/c1-7(2)13-21-20-12(22(13)3)6-19-10-5-9(15)8(14(16,17)18)4-11(10)23(24)25/h4-5,7,19H,6H2,1-3H3. The quantitative estimate of drug-likeness (QED) is 0.625. The van der Waals surface area contributed by atoms with E-state index in [1.54, 1.807) is 11.6 Å². The van der Waals surface area contributed by atoms with Crippen molar-refractivity contribution < 1.29 is 18.1 Å². The molecule has 0 amide bonds. The van der Waals surface area contributed by atoms with Gasteiger partial charge in [-0.15, -0.1) is 10.2 Å². The number of nitrogens with one attached hydrogen (secondary N) is 1. The van der Waals surface area contributed by atoms with Gasteiger partial charge in [0.05, 0.1) is 22.1 Å². The van der Waals surface area contributed by atoms with Crippen LogP contribution in [0.3, 0.4) is 0 Å². The summed E-state index contributed by atoms with van der Waals surface area (Å²) in [6, 6.07) is 1.31. The van der Waals surface area contributed by atoms with E-state index in [9.17, 15) is 23.3 Å². The number of nitrogens with zero attached hydrogens (tertiary/aromatic N) is 4. The van der Waals surface area contributed by atoms with Crippen molar-refractivity contribution in [2.45, 2.75) is 32.5 Å². The van der Waals surface area contributed by atoms with Crippen molar-refractivity contribution in [1.82, 2.24) is 14.8 Å². The number of alkyl halides is 3. The van der Waals surface area contributed by atoms with Crippen LogP contribution < -0.4 is 5.32 Å². The Morgan fingerprint density at radius 2 is 2.00 bits per heavy atom. The average Bonchev–Trinajstić information content (AvgIpc) is 2.84. The molecule has 0 saturated heterocycles. The lowest BCUT2D eigenvalue weighted by atomic mass is 10.1. The summed E-state index contributed by atoms with van der Waals surface area (Å²) in [7, 11) is 1.74. The zero-order valence-corrected chi connectivity index (χ0v) is 14.3. The molecule has 0 fully saturated rings. The van der Waals surface area contributed by atoms with Gasteiger partial charge in [-0.25, -0.2) is 0 Å². The van der Waals surface area contributed by atoms with Crippen molar-refractivity contribution in [3.63, 3.8) is 0 Å². The van der Waals surface area contributed by atoms with Crippen LogP contribution in [0.5, 0.6) is 0 Å². The third-order valence-corrected chi connectivity index (χ3v) is 3.85. The monoisotopic (exact) mass is 377 g/mol. The van der Waals surface area contributed by atoms with Crippen molar-refractivity contribution in [2.24, 2.45) is 7.05 Å². The Labute approximate surface area is 146 Å². The largest absolute Gasteiger partial charge is 0.418 e. The van der Waals surface area contributed by atoms with Crippen molar-refractivity contribution in [3.05, 3.63) is 44.5 Å². The topological polar surface area (TPSA) is 85.9 Å². The lowest BCUT2D eigenvalue weighted by Crippen LogP contribution is -2.11. The molecular weight excluding hydrogens is 363 g/mol. The molecule has 0 radical (unpaired) electrons. The molecule has 0 aliphatic rings. The van der Waals surface area contributed by atoms with Crippen LogP contribution in [0.1, 0.15) is 37.0 Å². The predicted molar refractivity (Wildman–Crippen MR) is 85.5 cm³/mol. The number of benzene rings is 1. The van der Waals surface area contributed by atoms with Crippen LogP contribution in [-0.2, 0) is 19.8 Å². The third-order valence-electron chi connectivity index (χ3n) is 3.54. The minimum atomic E-state index is -4.78. The highest BCUT2D eigenvalue weighted by molar-refractivity contribution is 6.31. The Morgan fingerprint density at radius 3 is 2.48 bits per heavy atom. The SMILES string of the molecule is CC(C)c1nnc(CNc2cc(Cl)c(C(F)(F)F)cc2[N+](=O)[O-])n1C. The van der Waals surface area contributed by atoms with Crippen LogP contribution in [0.25, 0.3) is 0 Å². The average molecular weight is 378 g/mol. The van der Waals surface area contributed by atoms with E-state index in [0.29, 0.717) is 11.9 Å². The van der Waals surface area contributed by atoms with Crippen molar-refractivity contribution in [2.75, 3.05) is 5.32 Å². The van der Waals surface area contributed by atoms with Gasteiger partial charge >= 0.3 is 6.18 Å². The second-order valence-electron chi connectivity index (χ2n) is 5.65. The molecule has 1 aromatic heterocycles. The summed E-state index contributed by atoms with van der Waals surface area (Å²) < 4.78 is 40.3. The van der Waals surface area contributed by atoms with E-state index in [4.69, 9.17) is 11.6 Å². The maximum Gasteiger partial charge on any atom is 0.418 e. The Balaban J connectivity index is 2.33. The van der Waals surface area contributed by atoms with E-state index in [1.807, 2.05) is 13.8 Å². The Kier molecular flexibility index (Phi) is 5.21. The zero-order chi connectivity index (χ0) is 18.9. The molecule has 0 atom stereocenters. The summed E-state index contributed by atoms with van der Waals surface area (Å²) in [5.41, 5.74) is -2.10. The van der Waals surface area contributed by atoms with E-state index in [2.05, 4.69) is 15.5 Å². The van der Waals surface area contributed by atoms with Crippen molar-refractivity contribution in [3.8, 4) is 0 Å². The van der Waals surface area contributed by atoms with Gasteiger partial charge in [0.15, 0.2) is 5.82 Å². The number of nitro benzene ring substituents is 1. The first-order chi connectivity index (χ1) is 11.5. The molecular formula is C14H15ClF3N5O2. The van der Waals surface area contributed by atoms with E-state index < -0.39 is 27.4 Å². The summed E-state index contributed by atoms with van der Waals surface area (Å²) >= 11 is 5.63. The molecule has 7 nitrogen and oxygen atoms in total. The summed E-state index contributed by atoms with van der Waals surface area (Å²) in [4.78, 5) is 10.2. The van der Waals surface area contributed by atoms with E-state index in [1.165, 1.54) is 0 Å². The van der Waals surface area contributed by atoms with Crippen LogP contribution in [-0.4, -0.2) is 19.7 Å². The van der Waals surface area contributed by atoms with Gasteiger partial charge in [0.1, 0.15) is 11.5 Å². The number of hydrogen-bond donors (Lipinski definition) is 1. The maximum atomic E-state index is 12.9. The van der Waals surface area contributed by atoms with Crippen molar-refractivity contribution in [1.29, 1.82) is 0 Å². The molecule has 0 aliphatic carbocycles. The number of rotatable bonds is 5. The molecule has 0 saturated carbocycles. The zero-order valence-electron chi connectivity index (χ0n) is 13.6. The fourth-order valence-corrected chi connectivity index (χ4v) is 2.55. The second kappa shape index (κ2) is 6.87. The number of halogens is 4. The lowest BCUT2D eigenvalue weighted by molar-refractivity contribution is -0.384. The van der Waals surface area contributed by atoms with Gasteiger partial charge in [0, 0.05) is 19.0 Å². The van der Waals surface area contributed by atoms with E-state index in [0.717, 1.165) is 11.9 Å². The van der Waals surface area contributed by atoms with Crippen molar-refractivity contribution >= 4 is 23.0 Å². The van der Waals surface area contributed by atoms with Gasteiger partial charge in [-0.05, 0) is 6.07 Å². The molecule has 1 aromatic carbocycles. The fourth-order valence-electron chi connectivity index (χ4n) is 2.28. The molecule has 0 bridgehead atoms. The maximum absolute atomic E-state index is 12.9. The normalized spacial score (nSPS) is 11.8. The predicted octanol–water partition coefficient (Wildman–Crippen LogP) is 4.13. The number of hydrogen-bond acceptors (Lipinski definition) is 5. The van der Waals surface area contributed by atoms with Crippen LogP contribution in [0.15, 0.2) is 12.1 Å². The van der Waals surface area contributed by atoms with Gasteiger partial charge in [-0.1, -0.05) is 25.4 Å². The first-order valence-corrected chi connectivity index (χ1v) is 7.57. The van der Waals surface area contributed by atoms with Gasteiger partial charge in [0.25, 0.3) is 5.69 Å². The minimum absolute atomic E-state index is 0.0404. The summed E-state index contributed by atoms with van der Waals surface area (Å²) in [6.07, 6.45) is -4.78. The number of aromatic nitrogens is 3. The molecule has 11 heteroatoms. The van der Waals surface area contributed by atoms with Gasteiger partial charge in [-0.3, -0.25) is 10.1 Å². The summed E-state index contributed by atoms with van der Waals surface area (Å²) in [5, 5.41) is 21.2. The molecule has 1 heterocycles. The van der Waals surface area contributed by atoms with E-state index >= 15 is 0 Å². The highest BCUT2D eigenvalue weighted by atomic mass is 35.5. The Bertz CT molecular complexity index is 804. The van der Waals surface area contributed by atoms with E-state index in [-0.39, 0.29) is 18.2 Å². The lowest BCUT2D eigenvalue weighted by Gasteiger charge is -2.12. The first-order valence-electron chi connectivity index (χ1n) is 7.19. The van der Waals surface area contributed by atoms with Gasteiger partial charge < -0.3 is 9.88 Å². The highest BCUT2D eigenvalue weighted by Crippen LogP contribution is 2.40. The second-order valence-corrected chi connectivity index (χ2v) is 6.05. The smallest absolute Gasteiger partial charge is 0.372 e. The summed E-state index contributed by atoms with van der Waals surface area (Å²) in [5.74, 6) is 1.33. The van der Waals surface area contributed by atoms with Crippen LogP contribution in [0, 0.1) is 10.1 Å². The Morgan fingerprint density at radius 1 is 1.36 bits per heavy atom. The first kappa shape index (κ1) is 19.0. The molecule has 2 rings (SSSR count). The molecule has 25 heavy (non-hydrogen) atoms. The number of nitro groups is 1. The highest BCUT2D eigenvalue weighted by Gasteiger charge is 2.36. The third kappa shape index (κ3) is 4.01. The molecule has 2 aromatic rings. The van der Waals surface area contributed by atoms with Gasteiger partial charge in [-0.2, -0.15) is 13.2 Å².